The molecule has 12 heteroatoms. The van der Waals surface area contributed by atoms with Crippen LogP contribution in [0, 0.1) is 0 Å². The van der Waals surface area contributed by atoms with Gasteiger partial charge in [-0.3, -0.25) is 18.5 Å². The van der Waals surface area contributed by atoms with Gasteiger partial charge in [-0.05, 0) is 38.1 Å². The Morgan fingerprint density at radius 2 is 1.88 bits per heavy atom. The van der Waals surface area contributed by atoms with Crippen LogP contribution in [0.1, 0.15) is 29.9 Å². The molecule has 2 N–H and O–H groups in total. The van der Waals surface area contributed by atoms with Crippen LogP contribution in [-0.4, -0.2) is 57.6 Å². The quantitative estimate of drug-likeness (QED) is 0.394. The van der Waals surface area contributed by atoms with Crippen molar-refractivity contribution in [1.29, 1.82) is 0 Å². The van der Waals surface area contributed by atoms with Crippen molar-refractivity contribution >= 4 is 33.4 Å². The average molecular weight is 470 g/mol. The van der Waals surface area contributed by atoms with Crippen LogP contribution < -0.4 is 10.6 Å². The van der Waals surface area contributed by atoms with E-state index < -0.39 is 21.8 Å². The fourth-order valence-electron chi connectivity index (χ4n) is 2.81. The number of aromatic nitrogens is 4. The van der Waals surface area contributed by atoms with Gasteiger partial charge in [-0.2, -0.15) is 5.10 Å². The van der Waals surface area contributed by atoms with E-state index >= 15 is 0 Å². The number of allylic oxidation sites excluding steroid dienone is 1. The number of carbonyl (C=O) groups is 2. The zero-order chi connectivity index (χ0) is 24.0. The summed E-state index contributed by atoms with van der Waals surface area (Å²) in [5, 5.41) is 9.54. The topological polar surface area (TPSA) is 140 Å². The highest BCUT2D eigenvalue weighted by Crippen LogP contribution is 2.15. The van der Waals surface area contributed by atoms with Gasteiger partial charge in [0.1, 0.15) is 11.5 Å². The smallest absolute Gasteiger partial charge is 0.253 e. The van der Waals surface area contributed by atoms with E-state index in [1.165, 1.54) is 18.5 Å². The van der Waals surface area contributed by atoms with E-state index in [1.807, 2.05) is 19.1 Å². The van der Waals surface area contributed by atoms with Crippen LogP contribution in [0.5, 0.6) is 0 Å². The maximum Gasteiger partial charge on any atom is 0.253 e. The summed E-state index contributed by atoms with van der Waals surface area (Å²) in [6, 6.07) is 6.80. The minimum atomic E-state index is -3.49. The SMILES string of the molecule is C/C=C(\N=C(C)NC(=O)CNC(=O)c1ccn(S(C)(=O)=O)c1)c1ccn(-c2ccncc2)n1. The number of carbonyl (C=O) groups excluding carboxylic acids is 2. The fraction of sp³-hybridized carbons (Fsp3) is 0.190. The fourth-order valence-corrected chi connectivity index (χ4v) is 3.39. The number of amidine groups is 1. The first-order valence-electron chi connectivity index (χ1n) is 9.82. The van der Waals surface area contributed by atoms with E-state index in [9.17, 15) is 18.0 Å². The van der Waals surface area contributed by atoms with Gasteiger partial charge in [-0.15, -0.1) is 0 Å². The number of nitrogens with one attached hydrogen (secondary N) is 2. The lowest BCUT2D eigenvalue weighted by Crippen LogP contribution is -2.39. The molecule has 0 unspecified atom stereocenters. The third kappa shape index (κ3) is 6.23. The summed E-state index contributed by atoms with van der Waals surface area (Å²) < 4.78 is 25.6. The largest absolute Gasteiger partial charge is 0.343 e. The molecule has 3 aromatic heterocycles. The van der Waals surface area contributed by atoms with Gasteiger partial charge < -0.3 is 10.6 Å². The number of amides is 2. The Balaban J connectivity index is 1.58. The third-order valence-corrected chi connectivity index (χ3v) is 5.38. The van der Waals surface area contributed by atoms with E-state index in [2.05, 4.69) is 25.7 Å². The molecule has 0 spiro atoms. The maximum atomic E-state index is 12.2. The van der Waals surface area contributed by atoms with Crippen LogP contribution in [0.2, 0.25) is 0 Å². The third-order valence-electron chi connectivity index (χ3n) is 4.38. The van der Waals surface area contributed by atoms with E-state index in [1.54, 1.807) is 42.3 Å². The summed E-state index contributed by atoms with van der Waals surface area (Å²) in [5.74, 6) is -0.730. The Hall–Kier alpha value is -4.06. The first kappa shape index (κ1) is 23.6. The lowest BCUT2D eigenvalue weighted by molar-refractivity contribution is -0.118. The predicted octanol–water partition coefficient (Wildman–Crippen LogP) is 1.20. The molecular formula is C21H23N7O4S. The number of aliphatic imine (C=N–C) groups is 1. The van der Waals surface area contributed by atoms with Crippen LogP contribution in [0.15, 0.2) is 66.3 Å². The molecule has 2 amide bonds. The normalized spacial score (nSPS) is 12.5. The van der Waals surface area contributed by atoms with Crippen molar-refractivity contribution < 1.29 is 18.0 Å². The molecule has 0 aromatic carbocycles. The molecule has 0 bridgehead atoms. The van der Waals surface area contributed by atoms with Gasteiger partial charge in [0.15, 0.2) is 0 Å². The summed E-state index contributed by atoms with van der Waals surface area (Å²) in [7, 11) is -3.49. The molecule has 3 aromatic rings. The minimum Gasteiger partial charge on any atom is -0.343 e. The summed E-state index contributed by atoms with van der Waals surface area (Å²) in [4.78, 5) is 32.7. The Morgan fingerprint density at radius 3 is 2.52 bits per heavy atom. The minimum absolute atomic E-state index is 0.125. The summed E-state index contributed by atoms with van der Waals surface area (Å²) in [5.41, 5.74) is 2.15. The lowest BCUT2D eigenvalue weighted by atomic mass is 10.3. The van der Waals surface area contributed by atoms with Gasteiger partial charge >= 0.3 is 0 Å². The Bertz CT molecular complexity index is 1320. The van der Waals surface area contributed by atoms with Crippen molar-refractivity contribution in [1.82, 2.24) is 29.4 Å². The van der Waals surface area contributed by atoms with Gasteiger partial charge in [-0.1, -0.05) is 6.08 Å². The zero-order valence-corrected chi connectivity index (χ0v) is 19.1. The molecule has 0 saturated heterocycles. The summed E-state index contributed by atoms with van der Waals surface area (Å²) in [6.07, 6.45) is 10.4. The van der Waals surface area contributed by atoms with Gasteiger partial charge in [0.25, 0.3) is 5.91 Å². The average Bonchev–Trinajstić information content (AvgIpc) is 3.46. The second kappa shape index (κ2) is 10.0. The zero-order valence-electron chi connectivity index (χ0n) is 18.3. The molecule has 0 aliphatic rings. The van der Waals surface area contributed by atoms with E-state index in [0.717, 1.165) is 15.9 Å². The van der Waals surface area contributed by atoms with E-state index in [0.29, 0.717) is 17.2 Å². The van der Waals surface area contributed by atoms with Crippen LogP contribution in [0.25, 0.3) is 11.4 Å². The number of nitrogens with zero attached hydrogens (tertiary/aromatic N) is 5. The number of pyridine rings is 1. The van der Waals surface area contributed by atoms with Crippen LogP contribution in [-0.2, 0) is 14.8 Å². The first-order chi connectivity index (χ1) is 15.7. The molecule has 0 radical (unpaired) electrons. The molecule has 0 aliphatic carbocycles. The van der Waals surface area contributed by atoms with E-state index in [-0.39, 0.29) is 12.1 Å². The number of rotatable bonds is 7. The van der Waals surface area contributed by atoms with Gasteiger partial charge in [0.2, 0.25) is 15.9 Å². The van der Waals surface area contributed by atoms with Crippen molar-refractivity contribution in [3.05, 3.63) is 72.6 Å². The van der Waals surface area contributed by atoms with Gasteiger partial charge in [-0.25, -0.2) is 18.1 Å². The lowest BCUT2D eigenvalue weighted by Gasteiger charge is -2.07. The highest BCUT2D eigenvalue weighted by atomic mass is 32.2. The number of hydrogen-bond acceptors (Lipinski definition) is 7. The van der Waals surface area contributed by atoms with Crippen LogP contribution in [0.4, 0.5) is 0 Å². The van der Waals surface area contributed by atoms with E-state index in [4.69, 9.17) is 0 Å². The highest BCUT2D eigenvalue weighted by Gasteiger charge is 2.13. The molecule has 3 rings (SSSR count). The molecule has 33 heavy (non-hydrogen) atoms. The predicted molar refractivity (Wildman–Crippen MR) is 123 cm³/mol. The van der Waals surface area contributed by atoms with Crippen LogP contribution in [0.3, 0.4) is 0 Å². The monoisotopic (exact) mass is 469 g/mol. The van der Waals surface area contributed by atoms with Gasteiger partial charge in [0.05, 0.1) is 29.7 Å². The molecule has 0 fully saturated rings. The van der Waals surface area contributed by atoms with Crippen molar-refractivity contribution in [2.24, 2.45) is 4.99 Å². The standard InChI is InChI=1S/C21H23N7O4S/c1-4-18(19-8-12-28(26-19)17-5-9-22-10-6-17)24-15(2)25-20(29)13-23-21(30)16-7-11-27(14-16)33(3,31)32/h4-12,14H,13H2,1-3H3,(H,23,30)(H,24,25,29)/b18-4-. The molecular weight excluding hydrogens is 446 g/mol. The Morgan fingerprint density at radius 1 is 1.15 bits per heavy atom. The maximum absolute atomic E-state index is 12.2. The number of hydrogen-bond donors (Lipinski definition) is 2. The second-order valence-corrected chi connectivity index (χ2v) is 8.83. The molecule has 0 atom stereocenters. The molecule has 11 nitrogen and oxygen atoms in total. The van der Waals surface area contributed by atoms with Crippen molar-refractivity contribution in [3.63, 3.8) is 0 Å². The molecule has 3 heterocycles. The van der Waals surface area contributed by atoms with Crippen LogP contribution >= 0.6 is 0 Å². The van der Waals surface area contributed by atoms with Crippen molar-refractivity contribution in [2.75, 3.05) is 12.8 Å². The molecule has 172 valence electrons. The molecule has 0 saturated carbocycles. The van der Waals surface area contributed by atoms with Crippen molar-refractivity contribution in [3.8, 4) is 5.69 Å². The molecule has 0 aliphatic heterocycles. The highest BCUT2D eigenvalue weighted by molar-refractivity contribution is 7.89. The van der Waals surface area contributed by atoms with Gasteiger partial charge in [0, 0.05) is 31.0 Å². The summed E-state index contributed by atoms with van der Waals surface area (Å²) >= 11 is 0. The summed E-state index contributed by atoms with van der Waals surface area (Å²) in [6.45, 7) is 3.12. The second-order valence-electron chi connectivity index (χ2n) is 6.95. The Labute approximate surface area is 190 Å². The first-order valence-corrected chi connectivity index (χ1v) is 11.7. The Kier molecular flexibility index (Phi) is 7.18. The van der Waals surface area contributed by atoms with Crippen molar-refractivity contribution in [2.45, 2.75) is 13.8 Å².